The van der Waals surface area contributed by atoms with Gasteiger partial charge in [-0.1, -0.05) is 26.0 Å². The van der Waals surface area contributed by atoms with E-state index < -0.39 is 0 Å². The summed E-state index contributed by atoms with van der Waals surface area (Å²) in [7, 11) is 0. The topological polar surface area (TPSA) is 0 Å². The van der Waals surface area contributed by atoms with Gasteiger partial charge in [0, 0.05) is 0 Å². The summed E-state index contributed by atoms with van der Waals surface area (Å²) in [4.78, 5) is 0. The first kappa shape index (κ1) is 10.3. The number of aryl methyl sites for hydroxylation is 4. The van der Waals surface area contributed by atoms with Crippen LogP contribution in [-0.2, 0) is 12.8 Å². The molecule has 0 unspecified atom stereocenters. The maximum absolute atomic E-state index is 2.36. The number of hydrogen-bond acceptors (Lipinski definition) is 0. The normalized spacial score (nSPS) is 13.2. The molecule has 1 aliphatic rings. The molecule has 0 N–H and O–H groups in total. The van der Waals surface area contributed by atoms with Crippen molar-refractivity contribution in [3.05, 3.63) is 34.4 Å². The van der Waals surface area contributed by atoms with Gasteiger partial charge in [0.25, 0.3) is 0 Å². The third-order valence-corrected chi connectivity index (χ3v) is 2.71. The number of fused-ring (bicyclic) bond motifs is 1. The van der Waals surface area contributed by atoms with Gasteiger partial charge in [0.05, 0.1) is 0 Å². The van der Waals surface area contributed by atoms with E-state index in [0.717, 1.165) is 0 Å². The third kappa shape index (κ3) is 2.12. The van der Waals surface area contributed by atoms with Crippen LogP contribution in [-0.4, -0.2) is 0 Å². The van der Waals surface area contributed by atoms with E-state index in [1.807, 2.05) is 13.8 Å². The quantitative estimate of drug-likeness (QED) is 0.563. The van der Waals surface area contributed by atoms with Gasteiger partial charge in [0.2, 0.25) is 0 Å². The summed E-state index contributed by atoms with van der Waals surface area (Å²) in [5, 5.41) is 0. The molecule has 0 aromatic heterocycles. The smallest absolute Gasteiger partial charge is 0.0273 e. The van der Waals surface area contributed by atoms with Gasteiger partial charge in [-0.25, -0.2) is 0 Å². The van der Waals surface area contributed by atoms with Crippen molar-refractivity contribution in [3.63, 3.8) is 0 Å². The maximum atomic E-state index is 2.36. The lowest BCUT2D eigenvalue weighted by Gasteiger charge is -2.03. The van der Waals surface area contributed by atoms with Crippen LogP contribution in [0.25, 0.3) is 0 Å². The minimum absolute atomic E-state index is 1.30. The van der Waals surface area contributed by atoms with Crippen molar-refractivity contribution < 1.29 is 0 Å². The minimum atomic E-state index is 1.30. The van der Waals surface area contributed by atoms with E-state index in [-0.39, 0.29) is 0 Å². The molecule has 13 heavy (non-hydrogen) atoms. The Morgan fingerprint density at radius 2 is 1.23 bits per heavy atom. The second-order valence-electron chi connectivity index (χ2n) is 3.56. The highest BCUT2D eigenvalue weighted by Gasteiger charge is 2.10. The van der Waals surface area contributed by atoms with E-state index in [4.69, 9.17) is 0 Å². The van der Waals surface area contributed by atoms with Crippen LogP contribution in [0.1, 0.15) is 42.5 Å². The first-order valence-electron chi connectivity index (χ1n) is 5.36. The standard InChI is InChI=1S/C11H14.C2H6/c1-8-6-10-4-3-5-11(10)7-9(8)2;1-2/h6-7H,3-5H2,1-2H3;1-2H3. The molecule has 0 saturated carbocycles. The van der Waals surface area contributed by atoms with Crippen LogP contribution < -0.4 is 0 Å². The molecule has 1 aromatic carbocycles. The predicted octanol–water partition coefficient (Wildman–Crippen LogP) is 3.82. The Morgan fingerprint density at radius 1 is 0.846 bits per heavy atom. The van der Waals surface area contributed by atoms with Crippen LogP contribution in [0.4, 0.5) is 0 Å². The zero-order chi connectivity index (χ0) is 9.84. The largest absolute Gasteiger partial charge is 0.0683 e. The van der Waals surface area contributed by atoms with Crippen LogP contribution in [0, 0.1) is 13.8 Å². The van der Waals surface area contributed by atoms with E-state index >= 15 is 0 Å². The van der Waals surface area contributed by atoms with Gasteiger partial charge in [0.15, 0.2) is 0 Å². The molecule has 0 saturated heterocycles. The first-order valence-corrected chi connectivity index (χ1v) is 5.36. The molecule has 0 fully saturated rings. The second kappa shape index (κ2) is 4.45. The van der Waals surface area contributed by atoms with Gasteiger partial charge >= 0.3 is 0 Å². The zero-order valence-electron chi connectivity index (χ0n) is 9.28. The van der Waals surface area contributed by atoms with Crippen molar-refractivity contribution >= 4 is 0 Å². The van der Waals surface area contributed by atoms with Gasteiger partial charge in [-0.2, -0.15) is 0 Å². The predicted molar refractivity (Wildman–Crippen MR) is 59.3 cm³/mol. The van der Waals surface area contributed by atoms with Crippen molar-refractivity contribution in [2.45, 2.75) is 47.0 Å². The first-order chi connectivity index (χ1) is 6.27. The molecule has 0 spiro atoms. The molecule has 0 heterocycles. The molecule has 0 amide bonds. The van der Waals surface area contributed by atoms with Crippen molar-refractivity contribution in [1.82, 2.24) is 0 Å². The Bertz CT molecular complexity index is 255. The SMILES string of the molecule is CC.Cc1cc2c(cc1C)CCC2. The average Bonchev–Trinajstić information content (AvgIpc) is 2.56. The Kier molecular flexibility index (Phi) is 3.53. The summed E-state index contributed by atoms with van der Waals surface area (Å²) in [6.07, 6.45) is 3.96. The van der Waals surface area contributed by atoms with E-state index in [2.05, 4.69) is 26.0 Å². The fourth-order valence-corrected chi connectivity index (χ4v) is 1.87. The Hall–Kier alpha value is -0.780. The Labute approximate surface area is 82.0 Å². The van der Waals surface area contributed by atoms with Gasteiger partial charge in [-0.15, -0.1) is 0 Å². The van der Waals surface area contributed by atoms with Crippen LogP contribution in [0.15, 0.2) is 12.1 Å². The summed E-state index contributed by atoms with van der Waals surface area (Å²) >= 11 is 0. The molecule has 1 aliphatic carbocycles. The lowest BCUT2D eigenvalue weighted by molar-refractivity contribution is 0.911. The highest BCUT2D eigenvalue weighted by molar-refractivity contribution is 5.39. The summed E-state index contributed by atoms with van der Waals surface area (Å²) in [5.74, 6) is 0. The van der Waals surface area contributed by atoms with Crippen LogP contribution in [0.5, 0.6) is 0 Å². The monoisotopic (exact) mass is 176 g/mol. The van der Waals surface area contributed by atoms with Crippen LogP contribution >= 0.6 is 0 Å². The van der Waals surface area contributed by atoms with E-state index in [1.54, 1.807) is 11.1 Å². The van der Waals surface area contributed by atoms with E-state index in [9.17, 15) is 0 Å². The highest BCUT2D eigenvalue weighted by Crippen LogP contribution is 2.24. The molecular weight excluding hydrogens is 156 g/mol. The third-order valence-electron chi connectivity index (χ3n) is 2.71. The fourth-order valence-electron chi connectivity index (χ4n) is 1.87. The zero-order valence-corrected chi connectivity index (χ0v) is 9.28. The molecule has 0 heteroatoms. The Balaban J connectivity index is 0.000000396. The van der Waals surface area contributed by atoms with Crippen molar-refractivity contribution in [2.24, 2.45) is 0 Å². The molecule has 0 radical (unpaired) electrons. The Morgan fingerprint density at radius 3 is 1.62 bits per heavy atom. The van der Waals surface area contributed by atoms with E-state index in [1.165, 1.54) is 30.4 Å². The summed E-state index contributed by atoms with van der Waals surface area (Å²) in [6.45, 7) is 8.40. The molecule has 1 aromatic rings. The molecule has 2 rings (SSSR count). The summed E-state index contributed by atoms with van der Waals surface area (Å²) in [6, 6.07) is 4.72. The molecule has 0 nitrogen and oxygen atoms in total. The van der Waals surface area contributed by atoms with Crippen molar-refractivity contribution in [3.8, 4) is 0 Å². The van der Waals surface area contributed by atoms with Gasteiger partial charge in [0.1, 0.15) is 0 Å². The molecule has 0 bridgehead atoms. The van der Waals surface area contributed by atoms with E-state index in [0.29, 0.717) is 0 Å². The van der Waals surface area contributed by atoms with Gasteiger partial charge < -0.3 is 0 Å². The summed E-state index contributed by atoms with van der Waals surface area (Å²) < 4.78 is 0. The minimum Gasteiger partial charge on any atom is -0.0683 e. The highest BCUT2D eigenvalue weighted by atomic mass is 14.2. The van der Waals surface area contributed by atoms with Crippen LogP contribution in [0.3, 0.4) is 0 Å². The number of benzene rings is 1. The lowest BCUT2D eigenvalue weighted by Crippen LogP contribution is -1.87. The van der Waals surface area contributed by atoms with Gasteiger partial charge in [-0.3, -0.25) is 0 Å². The fraction of sp³-hybridized carbons (Fsp3) is 0.538. The summed E-state index contributed by atoms with van der Waals surface area (Å²) in [5.41, 5.74) is 6.08. The number of rotatable bonds is 0. The molecule has 0 aliphatic heterocycles. The second-order valence-corrected chi connectivity index (χ2v) is 3.56. The van der Waals surface area contributed by atoms with Crippen LogP contribution in [0.2, 0.25) is 0 Å². The number of hydrogen-bond donors (Lipinski definition) is 0. The maximum Gasteiger partial charge on any atom is -0.0273 e. The molecule has 0 atom stereocenters. The van der Waals surface area contributed by atoms with Crippen molar-refractivity contribution in [2.75, 3.05) is 0 Å². The van der Waals surface area contributed by atoms with Gasteiger partial charge in [-0.05, 0) is 55.4 Å². The van der Waals surface area contributed by atoms with Crippen molar-refractivity contribution in [1.29, 1.82) is 0 Å². The molecule has 72 valence electrons. The molecular formula is C13H20. The lowest BCUT2D eigenvalue weighted by atomic mass is 10.0. The average molecular weight is 176 g/mol.